The Morgan fingerprint density at radius 1 is 1.14 bits per heavy atom. The average Bonchev–Trinajstić information content (AvgIpc) is 3.19. The van der Waals surface area contributed by atoms with Gasteiger partial charge in [-0.25, -0.2) is 4.68 Å². The standard InChI is InChI=1S/C24H27ClN2O2/c1-4-6-16-24(28,15-5-2)23-17-22(18-7-9-19(25)10-8-18)27(26-23)20-11-13-21(29-3)14-12-20/h4,7-14,17,28H,1,5-6,15-16H2,2-3H3. The van der Waals surface area contributed by atoms with Gasteiger partial charge in [0.2, 0.25) is 0 Å². The molecule has 0 saturated heterocycles. The first-order valence-electron chi connectivity index (χ1n) is 9.85. The molecule has 1 aromatic heterocycles. The largest absolute Gasteiger partial charge is 0.497 e. The van der Waals surface area contributed by atoms with Crippen LogP contribution in [0.5, 0.6) is 5.75 Å². The average molecular weight is 411 g/mol. The van der Waals surface area contributed by atoms with Gasteiger partial charge in [-0.1, -0.05) is 43.2 Å². The van der Waals surface area contributed by atoms with Gasteiger partial charge in [0.05, 0.1) is 24.2 Å². The molecule has 0 aliphatic heterocycles. The Balaban J connectivity index is 2.13. The summed E-state index contributed by atoms with van der Waals surface area (Å²) in [5, 5.41) is 16.9. The summed E-state index contributed by atoms with van der Waals surface area (Å²) >= 11 is 6.08. The minimum absolute atomic E-state index is 0.587. The number of halogens is 1. The van der Waals surface area contributed by atoms with Gasteiger partial charge in [0, 0.05) is 10.6 Å². The van der Waals surface area contributed by atoms with Crippen LogP contribution in [0, 0.1) is 0 Å². The van der Waals surface area contributed by atoms with E-state index in [0.29, 0.717) is 23.6 Å². The quantitative estimate of drug-likeness (QED) is 0.430. The van der Waals surface area contributed by atoms with Gasteiger partial charge in [0.1, 0.15) is 11.4 Å². The van der Waals surface area contributed by atoms with Gasteiger partial charge < -0.3 is 9.84 Å². The summed E-state index contributed by atoms with van der Waals surface area (Å²) in [7, 11) is 1.64. The molecule has 1 atom stereocenters. The summed E-state index contributed by atoms with van der Waals surface area (Å²) in [6.45, 7) is 5.87. The van der Waals surface area contributed by atoms with E-state index in [1.807, 2.05) is 65.4 Å². The minimum atomic E-state index is -0.998. The van der Waals surface area contributed by atoms with E-state index in [-0.39, 0.29) is 0 Å². The molecule has 1 unspecified atom stereocenters. The van der Waals surface area contributed by atoms with Crippen molar-refractivity contribution in [2.75, 3.05) is 7.11 Å². The lowest BCUT2D eigenvalue weighted by Gasteiger charge is -2.25. The molecule has 1 heterocycles. The summed E-state index contributed by atoms with van der Waals surface area (Å²) < 4.78 is 7.14. The molecule has 0 radical (unpaired) electrons. The maximum Gasteiger partial charge on any atom is 0.119 e. The highest BCUT2D eigenvalue weighted by atomic mass is 35.5. The molecule has 0 saturated carbocycles. The predicted molar refractivity (Wildman–Crippen MR) is 119 cm³/mol. The van der Waals surface area contributed by atoms with Crippen LogP contribution in [0.15, 0.2) is 67.3 Å². The Morgan fingerprint density at radius 2 is 1.83 bits per heavy atom. The van der Waals surface area contributed by atoms with E-state index in [2.05, 4.69) is 13.5 Å². The second kappa shape index (κ2) is 9.29. The highest BCUT2D eigenvalue weighted by molar-refractivity contribution is 6.30. The summed E-state index contributed by atoms with van der Waals surface area (Å²) in [5.41, 5.74) is 2.44. The van der Waals surface area contributed by atoms with Crippen LogP contribution in [-0.4, -0.2) is 22.0 Å². The first-order valence-corrected chi connectivity index (χ1v) is 10.2. The first kappa shape index (κ1) is 21.2. The van der Waals surface area contributed by atoms with Crippen molar-refractivity contribution in [3.8, 4) is 22.7 Å². The number of hydrogen-bond acceptors (Lipinski definition) is 3. The number of benzene rings is 2. The van der Waals surface area contributed by atoms with E-state index in [0.717, 1.165) is 35.5 Å². The normalized spacial score (nSPS) is 13.1. The van der Waals surface area contributed by atoms with E-state index in [1.54, 1.807) is 7.11 Å². The topological polar surface area (TPSA) is 47.3 Å². The molecule has 3 aromatic rings. The van der Waals surface area contributed by atoms with Crippen LogP contribution in [-0.2, 0) is 5.60 Å². The van der Waals surface area contributed by atoms with Crippen molar-refractivity contribution in [1.29, 1.82) is 0 Å². The third kappa shape index (κ3) is 4.72. The van der Waals surface area contributed by atoms with Crippen molar-refractivity contribution in [3.05, 3.63) is 78.0 Å². The molecule has 0 bridgehead atoms. The number of allylic oxidation sites excluding steroid dienone is 1. The molecular weight excluding hydrogens is 384 g/mol. The van der Waals surface area contributed by atoms with Crippen molar-refractivity contribution in [3.63, 3.8) is 0 Å². The van der Waals surface area contributed by atoms with Gasteiger partial charge in [0.25, 0.3) is 0 Å². The summed E-state index contributed by atoms with van der Waals surface area (Å²) in [5.74, 6) is 0.780. The lowest BCUT2D eigenvalue weighted by Crippen LogP contribution is -2.26. The van der Waals surface area contributed by atoms with Crippen molar-refractivity contribution in [2.24, 2.45) is 0 Å². The highest BCUT2D eigenvalue weighted by Gasteiger charge is 2.31. The van der Waals surface area contributed by atoms with Crippen molar-refractivity contribution < 1.29 is 9.84 Å². The van der Waals surface area contributed by atoms with Gasteiger partial charge >= 0.3 is 0 Å². The highest BCUT2D eigenvalue weighted by Crippen LogP contribution is 2.35. The fourth-order valence-electron chi connectivity index (χ4n) is 3.49. The summed E-state index contributed by atoms with van der Waals surface area (Å²) in [4.78, 5) is 0. The third-order valence-electron chi connectivity index (χ3n) is 5.07. The van der Waals surface area contributed by atoms with Crippen LogP contribution < -0.4 is 4.74 Å². The lowest BCUT2D eigenvalue weighted by molar-refractivity contribution is 0.0141. The minimum Gasteiger partial charge on any atom is -0.497 e. The number of aromatic nitrogens is 2. The van der Waals surface area contributed by atoms with E-state index in [1.165, 1.54) is 0 Å². The number of nitrogens with zero attached hydrogens (tertiary/aromatic N) is 2. The Morgan fingerprint density at radius 3 is 2.41 bits per heavy atom. The Hall–Kier alpha value is -2.56. The van der Waals surface area contributed by atoms with Crippen molar-refractivity contribution in [1.82, 2.24) is 9.78 Å². The second-order valence-corrected chi connectivity index (χ2v) is 7.58. The molecule has 2 aromatic carbocycles. The van der Waals surface area contributed by atoms with Crippen LogP contribution in [0.2, 0.25) is 5.02 Å². The zero-order valence-electron chi connectivity index (χ0n) is 16.9. The molecule has 0 aliphatic carbocycles. The van der Waals surface area contributed by atoms with Gasteiger partial charge in [-0.05, 0) is 61.7 Å². The van der Waals surface area contributed by atoms with Gasteiger partial charge in [-0.2, -0.15) is 5.10 Å². The Bertz CT molecular complexity index is 948. The van der Waals surface area contributed by atoms with Gasteiger partial charge in [-0.15, -0.1) is 6.58 Å². The molecule has 0 spiro atoms. The van der Waals surface area contributed by atoms with Crippen LogP contribution in [0.4, 0.5) is 0 Å². The van der Waals surface area contributed by atoms with E-state index < -0.39 is 5.60 Å². The van der Waals surface area contributed by atoms with Crippen LogP contribution in [0.3, 0.4) is 0 Å². The molecule has 0 amide bonds. The Labute approximate surface area is 177 Å². The summed E-state index contributed by atoms with van der Waals surface area (Å²) in [6, 6.07) is 17.3. The number of rotatable bonds is 9. The predicted octanol–water partition coefficient (Wildman–Crippen LogP) is 6.16. The van der Waals surface area contributed by atoms with Crippen LogP contribution in [0.25, 0.3) is 16.9 Å². The van der Waals surface area contributed by atoms with Crippen LogP contribution in [0.1, 0.15) is 38.3 Å². The number of hydrogen-bond donors (Lipinski definition) is 1. The molecule has 1 N–H and O–H groups in total. The van der Waals surface area contributed by atoms with E-state index in [9.17, 15) is 5.11 Å². The van der Waals surface area contributed by atoms with Crippen molar-refractivity contribution in [2.45, 2.75) is 38.2 Å². The second-order valence-electron chi connectivity index (χ2n) is 7.14. The monoisotopic (exact) mass is 410 g/mol. The zero-order chi connectivity index (χ0) is 20.9. The molecule has 3 rings (SSSR count). The fourth-order valence-corrected chi connectivity index (χ4v) is 3.62. The van der Waals surface area contributed by atoms with Crippen LogP contribution >= 0.6 is 11.6 Å². The molecular formula is C24H27ClN2O2. The smallest absolute Gasteiger partial charge is 0.119 e. The molecule has 0 fully saturated rings. The Kier molecular flexibility index (Phi) is 6.78. The molecule has 5 heteroatoms. The van der Waals surface area contributed by atoms with Crippen molar-refractivity contribution >= 4 is 11.6 Å². The molecule has 4 nitrogen and oxygen atoms in total. The maximum absolute atomic E-state index is 11.4. The molecule has 152 valence electrons. The first-order chi connectivity index (χ1) is 14.0. The third-order valence-corrected chi connectivity index (χ3v) is 5.32. The fraction of sp³-hybridized carbons (Fsp3) is 0.292. The zero-order valence-corrected chi connectivity index (χ0v) is 17.7. The lowest BCUT2D eigenvalue weighted by atomic mass is 9.88. The SMILES string of the molecule is C=CCCC(O)(CCC)c1cc(-c2ccc(Cl)cc2)n(-c2ccc(OC)cc2)n1. The van der Waals surface area contributed by atoms with E-state index >= 15 is 0 Å². The molecule has 29 heavy (non-hydrogen) atoms. The number of ether oxygens (including phenoxy) is 1. The van der Waals surface area contributed by atoms with E-state index in [4.69, 9.17) is 21.4 Å². The number of aliphatic hydroxyl groups is 1. The number of methoxy groups -OCH3 is 1. The van der Waals surface area contributed by atoms with Gasteiger partial charge in [0.15, 0.2) is 0 Å². The maximum atomic E-state index is 11.4. The van der Waals surface area contributed by atoms with Gasteiger partial charge in [-0.3, -0.25) is 0 Å². The summed E-state index contributed by atoms with van der Waals surface area (Å²) in [6.07, 6.45) is 4.65. The molecule has 0 aliphatic rings.